The van der Waals surface area contributed by atoms with Gasteiger partial charge in [-0.15, -0.1) is 0 Å². The molecule has 3 atom stereocenters. The molecule has 5 aromatic carbocycles. The van der Waals surface area contributed by atoms with Crippen molar-refractivity contribution >= 4 is 5.91 Å². The Labute approximate surface area is 315 Å². The van der Waals surface area contributed by atoms with Crippen molar-refractivity contribution < 1.29 is 41.3 Å². The summed E-state index contributed by atoms with van der Waals surface area (Å²) in [6.45, 7) is 5.11. The molecule has 12 heteroatoms. The van der Waals surface area contributed by atoms with Crippen LogP contribution in [0.2, 0.25) is 0 Å². The lowest BCUT2D eigenvalue weighted by atomic mass is 9.98. The van der Waals surface area contributed by atoms with Crippen LogP contribution in [0.4, 0.5) is 22.0 Å². The zero-order chi connectivity index (χ0) is 38.5. The zero-order valence-corrected chi connectivity index (χ0v) is 29.9. The van der Waals surface area contributed by atoms with Crippen molar-refractivity contribution in [1.29, 1.82) is 0 Å². The Bertz CT molecular complexity index is 2080. The molecule has 0 aliphatic carbocycles. The fourth-order valence-electron chi connectivity index (χ4n) is 7.09. The van der Waals surface area contributed by atoms with Crippen LogP contribution in [-0.4, -0.2) is 59.6 Å². The van der Waals surface area contributed by atoms with E-state index in [1.165, 1.54) is 5.56 Å². The van der Waals surface area contributed by atoms with Crippen LogP contribution in [0.25, 0.3) is 11.1 Å². The number of carbonyl (C=O) groups is 1. The van der Waals surface area contributed by atoms with Crippen molar-refractivity contribution in [3.05, 3.63) is 166 Å². The topological polar surface area (TPSA) is 74.3 Å². The lowest BCUT2D eigenvalue weighted by Gasteiger charge is -2.41. The maximum absolute atomic E-state index is 14.2. The van der Waals surface area contributed by atoms with Crippen molar-refractivity contribution in [1.82, 2.24) is 15.1 Å². The highest BCUT2D eigenvalue weighted by molar-refractivity contribution is 5.94. The SMILES string of the molecule is O=C(NCc1cccc(-c2cccc([C@@H]3O[C@H](CN4CCN(Cc5ccccc5)CC4)C[C@H](c4ccc(CO)cc4)O3)c2)c1)c1c(F)c(F)c(F)c(F)c1F. The monoisotopic (exact) mass is 757 g/mol. The van der Waals surface area contributed by atoms with Gasteiger partial charge in [-0.1, -0.05) is 91.0 Å². The Kier molecular flexibility index (Phi) is 12.0. The largest absolute Gasteiger partial charge is 0.392 e. The summed E-state index contributed by atoms with van der Waals surface area (Å²) < 4.78 is 82.6. The third-order valence-corrected chi connectivity index (χ3v) is 10.1. The highest BCUT2D eigenvalue weighted by atomic mass is 19.2. The molecule has 7 nitrogen and oxygen atoms in total. The van der Waals surface area contributed by atoms with E-state index in [0.29, 0.717) is 12.0 Å². The average molecular weight is 758 g/mol. The number of piperazine rings is 1. The van der Waals surface area contributed by atoms with Gasteiger partial charge in [0.25, 0.3) is 5.91 Å². The summed E-state index contributed by atoms with van der Waals surface area (Å²) in [5.41, 5.74) is 4.42. The fourth-order valence-corrected chi connectivity index (χ4v) is 7.09. The summed E-state index contributed by atoms with van der Waals surface area (Å²) in [4.78, 5) is 17.5. The van der Waals surface area contributed by atoms with Gasteiger partial charge in [-0.05, 0) is 45.5 Å². The van der Waals surface area contributed by atoms with Crippen molar-refractivity contribution in [3.8, 4) is 11.1 Å². The van der Waals surface area contributed by atoms with Crippen LogP contribution in [0.15, 0.2) is 103 Å². The minimum absolute atomic E-state index is 0.0535. The van der Waals surface area contributed by atoms with Gasteiger partial charge in [0.1, 0.15) is 5.56 Å². The van der Waals surface area contributed by atoms with E-state index in [4.69, 9.17) is 9.47 Å². The van der Waals surface area contributed by atoms with Crippen molar-refractivity contribution in [2.24, 2.45) is 0 Å². The number of benzene rings is 5. The summed E-state index contributed by atoms with van der Waals surface area (Å²) in [5.74, 6) is -12.5. The van der Waals surface area contributed by atoms with E-state index in [9.17, 15) is 31.9 Å². The molecule has 0 radical (unpaired) electrons. The normalized spacial score (nSPS) is 19.3. The molecule has 1 amide bonds. The number of nitrogens with one attached hydrogen (secondary N) is 1. The summed E-state index contributed by atoms with van der Waals surface area (Å²) >= 11 is 0. The van der Waals surface area contributed by atoms with E-state index in [-0.39, 0.29) is 25.4 Å². The number of amides is 1. The van der Waals surface area contributed by atoms with Crippen LogP contribution < -0.4 is 5.32 Å². The van der Waals surface area contributed by atoms with Crippen molar-refractivity contribution in [3.63, 3.8) is 0 Å². The molecule has 55 heavy (non-hydrogen) atoms. The van der Waals surface area contributed by atoms with Gasteiger partial charge in [0, 0.05) is 57.8 Å². The van der Waals surface area contributed by atoms with Crippen LogP contribution >= 0.6 is 0 Å². The number of nitrogens with zero attached hydrogens (tertiary/aromatic N) is 2. The van der Waals surface area contributed by atoms with Gasteiger partial charge in [-0.2, -0.15) is 0 Å². The van der Waals surface area contributed by atoms with Gasteiger partial charge in [-0.25, -0.2) is 22.0 Å². The Morgan fingerprint density at radius 2 is 1.27 bits per heavy atom. The molecule has 2 aliphatic rings. The van der Waals surface area contributed by atoms with Gasteiger partial charge >= 0.3 is 0 Å². The van der Waals surface area contributed by atoms with Crippen LogP contribution in [-0.2, 0) is 29.2 Å². The maximum Gasteiger partial charge on any atom is 0.257 e. The number of hydrogen-bond acceptors (Lipinski definition) is 6. The minimum Gasteiger partial charge on any atom is -0.392 e. The molecule has 2 saturated heterocycles. The Morgan fingerprint density at radius 3 is 1.96 bits per heavy atom. The predicted octanol–water partition coefficient (Wildman–Crippen LogP) is 7.83. The molecule has 2 fully saturated rings. The summed E-state index contributed by atoms with van der Waals surface area (Å²) in [6, 6.07) is 32.9. The van der Waals surface area contributed by atoms with Gasteiger partial charge < -0.3 is 19.9 Å². The Morgan fingerprint density at radius 1 is 0.655 bits per heavy atom. The minimum atomic E-state index is -2.33. The maximum atomic E-state index is 14.2. The zero-order valence-electron chi connectivity index (χ0n) is 29.9. The van der Waals surface area contributed by atoms with E-state index in [1.54, 1.807) is 18.2 Å². The molecular weight excluding hydrogens is 717 g/mol. The highest BCUT2D eigenvalue weighted by Gasteiger charge is 2.34. The molecule has 7 rings (SSSR count). The molecule has 5 aromatic rings. The number of rotatable bonds is 11. The molecule has 0 unspecified atom stereocenters. The fraction of sp³-hybridized carbons (Fsp3) is 0.279. The molecule has 2 N–H and O–H groups in total. The van der Waals surface area contributed by atoms with Gasteiger partial charge in [-0.3, -0.25) is 14.6 Å². The van der Waals surface area contributed by atoms with Gasteiger partial charge in [0.15, 0.2) is 29.6 Å². The summed E-state index contributed by atoms with van der Waals surface area (Å²) in [6.07, 6.45) is -0.429. The van der Waals surface area contributed by atoms with Crippen molar-refractivity contribution in [2.45, 2.75) is 44.6 Å². The first-order valence-electron chi connectivity index (χ1n) is 18.1. The molecular formula is C43H40F5N3O4. The van der Waals surface area contributed by atoms with E-state index >= 15 is 0 Å². The lowest BCUT2D eigenvalue weighted by Crippen LogP contribution is -2.49. The van der Waals surface area contributed by atoms with E-state index in [1.807, 2.05) is 60.7 Å². The number of hydrogen-bond donors (Lipinski definition) is 2. The third-order valence-electron chi connectivity index (χ3n) is 10.1. The van der Waals surface area contributed by atoms with E-state index < -0.39 is 46.8 Å². The standard InChI is InChI=1S/C43H40F5N3O4/c44-37-36(38(45)40(47)41(48)39(37)46)42(53)49-23-29-8-4-9-31(20-29)32-10-5-11-33(21-32)43-54-34(22-35(55-43)30-14-12-28(26-52)13-15-30)25-51-18-16-50(17-19-51)24-27-6-2-1-3-7-27/h1-15,20-21,34-35,43,52H,16-19,22-26H2,(H,49,53)/t34-,35+,43+/m0/s1. The second kappa shape index (κ2) is 17.2. The second-order valence-electron chi connectivity index (χ2n) is 13.9. The molecule has 0 spiro atoms. The Hall–Kier alpha value is -4.98. The second-order valence-corrected chi connectivity index (χ2v) is 13.9. The van der Waals surface area contributed by atoms with Crippen LogP contribution in [0.5, 0.6) is 0 Å². The summed E-state index contributed by atoms with van der Waals surface area (Å²) in [7, 11) is 0. The molecule has 2 heterocycles. The smallest absolute Gasteiger partial charge is 0.257 e. The van der Waals surface area contributed by atoms with E-state index in [2.05, 4.69) is 39.4 Å². The van der Waals surface area contributed by atoms with Crippen molar-refractivity contribution in [2.75, 3.05) is 32.7 Å². The Balaban J connectivity index is 1.05. The van der Waals surface area contributed by atoms with E-state index in [0.717, 1.165) is 67.1 Å². The highest BCUT2D eigenvalue weighted by Crippen LogP contribution is 2.39. The molecule has 0 bridgehead atoms. The number of halogens is 5. The van der Waals surface area contributed by atoms with Crippen LogP contribution in [0, 0.1) is 29.1 Å². The quantitative estimate of drug-likeness (QED) is 0.0814. The number of aliphatic hydroxyl groups excluding tert-OH is 1. The molecule has 286 valence electrons. The van der Waals surface area contributed by atoms with Gasteiger partial charge in [0.2, 0.25) is 5.82 Å². The first-order valence-corrected chi connectivity index (χ1v) is 18.1. The molecule has 0 aromatic heterocycles. The lowest BCUT2D eigenvalue weighted by molar-refractivity contribution is -0.253. The third kappa shape index (κ3) is 8.95. The first-order chi connectivity index (χ1) is 26.7. The number of ether oxygens (including phenoxy) is 2. The predicted molar refractivity (Wildman–Crippen MR) is 196 cm³/mol. The molecule has 0 saturated carbocycles. The molecule has 2 aliphatic heterocycles. The summed E-state index contributed by atoms with van der Waals surface area (Å²) in [5, 5.41) is 11.9. The first kappa shape index (κ1) is 38.3. The van der Waals surface area contributed by atoms with Gasteiger partial charge in [0.05, 0.1) is 18.8 Å². The number of carbonyl (C=O) groups excluding carboxylic acids is 1. The van der Waals surface area contributed by atoms with Crippen LogP contribution in [0.3, 0.4) is 0 Å². The average Bonchev–Trinajstić information content (AvgIpc) is 3.22. The number of aliphatic hydroxyl groups is 1. The van der Waals surface area contributed by atoms with Crippen LogP contribution in [0.1, 0.15) is 57.0 Å².